The van der Waals surface area contributed by atoms with Crippen molar-refractivity contribution in [2.75, 3.05) is 11.6 Å². The molecule has 0 aliphatic rings. The van der Waals surface area contributed by atoms with Gasteiger partial charge < -0.3 is 10.1 Å². The highest BCUT2D eigenvalue weighted by atomic mass is 32.2. The molecule has 0 aliphatic heterocycles. The number of carbonyl (C=O) groups is 2. The van der Waals surface area contributed by atoms with Gasteiger partial charge >= 0.3 is 5.97 Å². The molecular weight excluding hydrogens is 378 g/mol. The Morgan fingerprint density at radius 1 is 1.04 bits per heavy atom. The standard InChI is InChI=1S/C21H25NO5S/c1-14(19(23)22-17-11-9-16(10-12-17)21(2,3)4)27-20(24)15-7-6-8-18(13-15)28(5,25)26/h6-14H,1-5H3,(H,22,23)/t14-/m1/s1. The summed E-state index contributed by atoms with van der Waals surface area (Å²) < 4.78 is 28.4. The van der Waals surface area contributed by atoms with E-state index in [4.69, 9.17) is 4.74 Å². The number of nitrogens with one attached hydrogen (secondary N) is 1. The fourth-order valence-corrected chi connectivity index (χ4v) is 3.10. The summed E-state index contributed by atoms with van der Waals surface area (Å²) in [5, 5.41) is 2.70. The number of sulfone groups is 1. The van der Waals surface area contributed by atoms with Crippen LogP contribution in [-0.2, 0) is 24.8 Å². The molecule has 0 saturated heterocycles. The van der Waals surface area contributed by atoms with Crippen LogP contribution in [-0.4, -0.2) is 32.7 Å². The summed E-state index contributed by atoms with van der Waals surface area (Å²) in [6.45, 7) is 7.75. The van der Waals surface area contributed by atoms with Crippen LogP contribution in [0.15, 0.2) is 53.4 Å². The normalized spacial score (nSPS) is 12.9. The third-order valence-corrected chi connectivity index (χ3v) is 5.28. The fourth-order valence-electron chi connectivity index (χ4n) is 2.43. The first-order valence-corrected chi connectivity index (χ1v) is 10.7. The number of ether oxygens (including phenoxy) is 1. The number of hydrogen-bond acceptors (Lipinski definition) is 5. The first-order valence-electron chi connectivity index (χ1n) is 8.80. The minimum Gasteiger partial charge on any atom is -0.449 e. The number of carbonyl (C=O) groups excluding carboxylic acids is 2. The van der Waals surface area contributed by atoms with E-state index in [1.807, 2.05) is 12.1 Å². The summed E-state index contributed by atoms with van der Waals surface area (Å²) in [6.07, 6.45) is 0.00928. The summed E-state index contributed by atoms with van der Waals surface area (Å²) in [7, 11) is -3.45. The predicted octanol–water partition coefficient (Wildman–Crippen LogP) is 3.57. The lowest BCUT2D eigenvalue weighted by atomic mass is 9.87. The summed E-state index contributed by atoms with van der Waals surface area (Å²) in [5.41, 5.74) is 1.80. The third-order valence-electron chi connectivity index (χ3n) is 4.17. The minimum absolute atomic E-state index is 0.00582. The van der Waals surface area contributed by atoms with Crippen LogP contribution in [0, 0.1) is 0 Å². The highest BCUT2D eigenvalue weighted by Gasteiger charge is 2.20. The SMILES string of the molecule is C[C@@H](OC(=O)c1cccc(S(C)(=O)=O)c1)C(=O)Nc1ccc(C(C)(C)C)cc1. The number of rotatable bonds is 5. The van der Waals surface area contributed by atoms with Gasteiger partial charge in [0.05, 0.1) is 10.5 Å². The van der Waals surface area contributed by atoms with Crippen LogP contribution in [0.5, 0.6) is 0 Å². The highest BCUT2D eigenvalue weighted by Crippen LogP contribution is 2.23. The monoisotopic (exact) mass is 403 g/mol. The molecule has 0 aromatic heterocycles. The maximum absolute atomic E-state index is 12.3. The molecule has 0 aliphatic carbocycles. The summed E-state index contributed by atoms with van der Waals surface area (Å²) in [6, 6.07) is 13.0. The van der Waals surface area contributed by atoms with Gasteiger partial charge in [0.1, 0.15) is 0 Å². The van der Waals surface area contributed by atoms with Crippen molar-refractivity contribution < 1.29 is 22.7 Å². The molecule has 0 fully saturated rings. The van der Waals surface area contributed by atoms with Crippen molar-refractivity contribution >= 4 is 27.4 Å². The van der Waals surface area contributed by atoms with E-state index in [9.17, 15) is 18.0 Å². The largest absolute Gasteiger partial charge is 0.449 e. The van der Waals surface area contributed by atoms with E-state index >= 15 is 0 Å². The van der Waals surface area contributed by atoms with Crippen LogP contribution in [0.1, 0.15) is 43.6 Å². The first-order chi connectivity index (χ1) is 12.9. The molecule has 7 heteroatoms. The van der Waals surface area contributed by atoms with Crippen molar-refractivity contribution in [1.82, 2.24) is 0 Å². The van der Waals surface area contributed by atoms with E-state index in [1.165, 1.54) is 31.2 Å². The molecule has 150 valence electrons. The Morgan fingerprint density at radius 2 is 1.64 bits per heavy atom. The lowest BCUT2D eigenvalue weighted by Crippen LogP contribution is -2.30. The summed E-state index contributed by atoms with van der Waals surface area (Å²) >= 11 is 0. The first kappa shape index (κ1) is 21.6. The number of amides is 1. The van der Waals surface area contributed by atoms with Crippen molar-refractivity contribution in [2.24, 2.45) is 0 Å². The molecule has 0 unspecified atom stereocenters. The molecule has 6 nitrogen and oxygen atoms in total. The molecule has 0 spiro atoms. The Morgan fingerprint density at radius 3 is 2.18 bits per heavy atom. The number of esters is 1. The van der Waals surface area contributed by atoms with E-state index in [0.717, 1.165) is 11.8 Å². The van der Waals surface area contributed by atoms with Crippen molar-refractivity contribution in [1.29, 1.82) is 0 Å². The van der Waals surface area contributed by atoms with E-state index in [-0.39, 0.29) is 15.9 Å². The van der Waals surface area contributed by atoms with E-state index < -0.39 is 27.8 Å². The Kier molecular flexibility index (Phi) is 6.29. The van der Waals surface area contributed by atoms with Gasteiger partial charge in [-0.05, 0) is 48.2 Å². The van der Waals surface area contributed by atoms with E-state index in [0.29, 0.717) is 5.69 Å². The lowest BCUT2D eigenvalue weighted by molar-refractivity contribution is -0.123. The highest BCUT2D eigenvalue weighted by molar-refractivity contribution is 7.90. The average Bonchev–Trinajstić information content (AvgIpc) is 2.60. The van der Waals surface area contributed by atoms with E-state index in [2.05, 4.69) is 26.1 Å². The lowest BCUT2D eigenvalue weighted by Gasteiger charge is -2.19. The fraction of sp³-hybridized carbons (Fsp3) is 0.333. The predicted molar refractivity (Wildman–Crippen MR) is 108 cm³/mol. The van der Waals surface area contributed by atoms with Gasteiger partial charge in [-0.1, -0.05) is 39.0 Å². The zero-order valence-corrected chi connectivity index (χ0v) is 17.5. The Bertz CT molecular complexity index is 973. The van der Waals surface area contributed by atoms with Crippen LogP contribution < -0.4 is 5.32 Å². The van der Waals surface area contributed by atoms with Crippen LogP contribution in [0.3, 0.4) is 0 Å². The van der Waals surface area contributed by atoms with Gasteiger partial charge in [-0.25, -0.2) is 13.2 Å². The second-order valence-electron chi connectivity index (χ2n) is 7.66. The third kappa shape index (κ3) is 5.66. The molecule has 1 amide bonds. The Balaban J connectivity index is 2.03. The molecule has 0 radical (unpaired) electrons. The van der Waals surface area contributed by atoms with Gasteiger partial charge in [0.25, 0.3) is 5.91 Å². The molecule has 0 heterocycles. The van der Waals surface area contributed by atoms with Crippen LogP contribution in [0.4, 0.5) is 5.69 Å². The van der Waals surface area contributed by atoms with E-state index in [1.54, 1.807) is 12.1 Å². The summed E-state index contributed by atoms with van der Waals surface area (Å²) in [4.78, 5) is 24.6. The van der Waals surface area contributed by atoms with Gasteiger partial charge in [-0.3, -0.25) is 4.79 Å². The van der Waals surface area contributed by atoms with Gasteiger partial charge in [0.2, 0.25) is 0 Å². The smallest absolute Gasteiger partial charge is 0.338 e. The minimum atomic E-state index is -3.45. The van der Waals surface area contributed by atoms with Crippen molar-refractivity contribution in [2.45, 2.75) is 44.1 Å². The quantitative estimate of drug-likeness (QED) is 0.771. The second kappa shape index (κ2) is 8.14. The Hall–Kier alpha value is -2.67. The van der Waals surface area contributed by atoms with Crippen LogP contribution in [0.25, 0.3) is 0 Å². The molecule has 1 N–H and O–H groups in total. The maximum Gasteiger partial charge on any atom is 0.338 e. The topological polar surface area (TPSA) is 89.5 Å². The maximum atomic E-state index is 12.3. The van der Waals surface area contributed by atoms with Gasteiger partial charge in [0.15, 0.2) is 15.9 Å². The van der Waals surface area contributed by atoms with Crippen molar-refractivity contribution in [3.63, 3.8) is 0 Å². The average molecular weight is 404 g/mol. The zero-order chi connectivity index (χ0) is 21.1. The molecule has 0 saturated carbocycles. The van der Waals surface area contributed by atoms with Gasteiger partial charge in [0, 0.05) is 11.9 Å². The van der Waals surface area contributed by atoms with Crippen molar-refractivity contribution in [3.8, 4) is 0 Å². The number of hydrogen-bond donors (Lipinski definition) is 1. The molecule has 0 bridgehead atoms. The Labute approximate surface area is 165 Å². The van der Waals surface area contributed by atoms with Gasteiger partial charge in [-0.2, -0.15) is 0 Å². The van der Waals surface area contributed by atoms with Gasteiger partial charge in [-0.15, -0.1) is 0 Å². The number of benzene rings is 2. The molecule has 28 heavy (non-hydrogen) atoms. The van der Waals surface area contributed by atoms with Crippen LogP contribution >= 0.6 is 0 Å². The summed E-state index contributed by atoms with van der Waals surface area (Å²) in [5.74, 6) is -1.24. The zero-order valence-electron chi connectivity index (χ0n) is 16.6. The molecular formula is C21H25NO5S. The molecule has 2 rings (SSSR count). The molecule has 2 aromatic rings. The number of anilines is 1. The molecule has 1 atom stereocenters. The second-order valence-corrected chi connectivity index (χ2v) is 9.68. The molecule has 2 aromatic carbocycles. The van der Waals surface area contributed by atoms with Crippen molar-refractivity contribution in [3.05, 3.63) is 59.7 Å². The van der Waals surface area contributed by atoms with Crippen LogP contribution in [0.2, 0.25) is 0 Å².